The van der Waals surface area contributed by atoms with Gasteiger partial charge in [-0.1, -0.05) is 42.5 Å². The predicted molar refractivity (Wildman–Crippen MR) is 142 cm³/mol. The Morgan fingerprint density at radius 2 is 1.54 bits per heavy atom. The molecule has 3 aromatic rings. The van der Waals surface area contributed by atoms with E-state index in [0.717, 1.165) is 16.9 Å². The van der Waals surface area contributed by atoms with Crippen LogP contribution < -0.4 is 14.8 Å². The zero-order valence-corrected chi connectivity index (χ0v) is 21.7. The monoisotopic (exact) mass is 506 g/mol. The number of carbonyl (C=O) groups is 2. The minimum absolute atomic E-state index is 0.0774. The number of amides is 2. The highest BCUT2D eigenvalue weighted by Crippen LogP contribution is 2.19. The third-order valence-electron chi connectivity index (χ3n) is 5.83. The van der Waals surface area contributed by atoms with Crippen molar-refractivity contribution in [3.63, 3.8) is 0 Å². The number of nitrogens with zero attached hydrogens (tertiary/aromatic N) is 1. The summed E-state index contributed by atoms with van der Waals surface area (Å²) in [5.74, 6) is 0.694. The lowest BCUT2D eigenvalue weighted by molar-refractivity contribution is -0.141. The van der Waals surface area contributed by atoms with Crippen LogP contribution in [0, 0.1) is 5.82 Å². The number of carbonyl (C=O) groups excluding carboxylic acids is 2. The Morgan fingerprint density at radius 3 is 2.16 bits per heavy atom. The van der Waals surface area contributed by atoms with Gasteiger partial charge in [-0.15, -0.1) is 0 Å². The van der Waals surface area contributed by atoms with Crippen LogP contribution in [-0.4, -0.2) is 42.5 Å². The molecule has 0 aliphatic heterocycles. The van der Waals surface area contributed by atoms with Crippen LogP contribution in [0.15, 0.2) is 78.9 Å². The largest absolute Gasteiger partial charge is 0.497 e. The highest BCUT2D eigenvalue weighted by molar-refractivity contribution is 5.88. The predicted octanol–water partition coefficient (Wildman–Crippen LogP) is 5.16. The Balaban J connectivity index is 1.75. The lowest BCUT2D eigenvalue weighted by atomic mass is 10.0. The van der Waals surface area contributed by atoms with Gasteiger partial charge in [0.1, 0.15) is 23.4 Å². The quantitative estimate of drug-likeness (QED) is 0.325. The average Bonchev–Trinajstić information content (AvgIpc) is 2.90. The SMILES string of the molecule is COc1ccc(OCCCC(=O)N(Cc2ccc(F)cc2)[C@@H](Cc2ccccc2)C(=O)NC(C)C)cc1. The van der Waals surface area contributed by atoms with Crippen molar-refractivity contribution in [3.8, 4) is 11.5 Å². The fourth-order valence-corrected chi connectivity index (χ4v) is 3.95. The molecule has 0 aliphatic carbocycles. The second kappa shape index (κ2) is 14.0. The summed E-state index contributed by atoms with van der Waals surface area (Å²) in [6, 6.07) is 22.1. The van der Waals surface area contributed by atoms with E-state index in [1.807, 2.05) is 68.4 Å². The number of rotatable bonds is 13. The molecule has 0 saturated heterocycles. The summed E-state index contributed by atoms with van der Waals surface area (Å²) in [6.45, 7) is 4.33. The van der Waals surface area contributed by atoms with Crippen molar-refractivity contribution >= 4 is 11.8 Å². The van der Waals surface area contributed by atoms with E-state index < -0.39 is 6.04 Å². The van der Waals surface area contributed by atoms with Crippen molar-refractivity contribution in [3.05, 3.63) is 95.8 Å². The molecule has 37 heavy (non-hydrogen) atoms. The lowest BCUT2D eigenvalue weighted by Gasteiger charge is -2.32. The van der Waals surface area contributed by atoms with Gasteiger partial charge in [-0.05, 0) is 67.8 Å². The molecule has 7 heteroatoms. The standard InChI is InChI=1S/C30H35FN2O4/c1-22(2)32-30(35)28(20-23-8-5-4-6-9-23)33(21-24-11-13-25(31)14-12-24)29(34)10-7-19-37-27-17-15-26(36-3)16-18-27/h4-6,8-9,11-18,22,28H,7,10,19-21H2,1-3H3,(H,32,35)/t28-/m0/s1. The van der Waals surface area contributed by atoms with Gasteiger partial charge in [0.05, 0.1) is 13.7 Å². The summed E-state index contributed by atoms with van der Waals surface area (Å²) in [5, 5.41) is 2.96. The van der Waals surface area contributed by atoms with Crippen molar-refractivity contribution in [2.24, 2.45) is 0 Å². The summed E-state index contributed by atoms with van der Waals surface area (Å²) in [4.78, 5) is 28.4. The van der Waals surface area contributed by atoms with Gasteiger partial charge in [0.25, 0.3) is 0 Å². The van der Waals surface area contributed by atoms with E-state index in [1.54, 1.807) is 24.1 Å². The maximum Gasteiger partial charge on any atom is 0.243 e. The molecule has 2 amide bonds. The van der Waals surface area contributed by atoms with Crippen molar-refractivity contribution in [2.75, 3.05) is 13.7 Å². The van der Waals surface area contributed by atoms with Gasteiger partial charge in [-0.3, -0.25) is 9.59 Å². The number of ether oxygens (including phenoxy) is 2. The number of nitrogens with one attached hydrogen (secondary N) is 1. The first-order valence-corrected chi connectivity index (χ1v) is 12.5. The molecule has 0 heterocycles. The molecule has 3 aromatic carbocycles. The normalized spacial score (nSPS) is 11.6. The second-order valence-electron chi connectivity index (χ2n) is 9.14. The van der Waals surface area contributed by atoms with E-state index in [9.17, 15) is 14.0 Å². The molecule has 3 rings (SSSR count). The highest BCUT2D eigenvalue weighted by atomic mass is 19.1. The smallest absolute Gasteiger partial charge is 0.243 e. The van der Waals surface area contributed by atoms with Crippen LogP contribution in [0.2, 0.25) is 0 Å². The molecule has 1 N–H and O–H groups in total. The first-order valence-electron chi connectivity index (χ1n) is 12.5. The molecule has 0 aromatic heterocycles. The minimum atomic E-state index is -0.718. The summed E-state index contributed by atoms with van der Waals surface area (Å²) >= 11 is 0. The van der Waals surface area contributed by atoms with Gasteiger partial charge in [0.2, 0.25) is 11.8 Å². The van der Waals surface area contributed by atoms with Crippen molar-refractivity contribution in [2.45, 2.75) is 51.7 Å². The fourth-order valence-electron chi connectivity index (χ4n) is 3.95. The van der Waals surface area contributed by atoms with Crippen LogP contribution >= 0.6 is 0 Å². The van der Waals surface area contributed by atoms with Crippen LogP contribution in [0.5, 0.6) is 11.5 Å². The maximum absolute atomic E-state index is 13.5. The molecule has 6 nitrogen and oxygen atoms in total. The van der Waals surface area contributed by atoms with Gasteiger partial charge in [-0.2, -0.15) is 0 Å². The van der Waals surface area contributed by atoms with Crippen LogP contribution in [0.3, 0.4) is 0 Å². The summed E-state index contributed by atoms with van der Waals surface area (Å²) in [6.07, 6.45) is 1.06. The third kappa shape index (κ3) is 8.94. The van der Waals surface area contributed by atoms with E-state index in [-0.39, 0.29) is 36.6 Å². The second-order valence-corrected chi connectivity index (χ2v) is 9.14. The Bertz CT molecular complexity index is 1120. The Hall–Kier alpha value is -3.87. The molecular formula is C30H35FN2O4. The molecule has 0 aliphatic rings. The molecule has 0 saturated carbocycles. The van der Waals surface area contributed by atoms with Crippen LogP contribution in [-0.2, 0) is 22.6 Å². The van der Waals surface area contributed by atoms with Crippen LogP contribution in [0.25, 0.3) is 0 Å². The molecule has 0 radical (unpaired) electrons. The van der Waals surface area contributed by atoms with E-state index in [4.69, 9.17) is 9.47 Å². The first kappa shape index (κ1) is 27.7. The van der Waals surface area contributed by atoms with Crippen molar-refractivity contribution in [1.29, 1.82) is 0 Å². The van der Waals surface area contributed by atoms with Gasteiger partial charge in [0.15, 0.2) is 0 Å². The zero-order valence-electron chi connectivity index (χ0n) is 21.7. The molecule has 0 fully saturated rings. The fraction of sp³-hybridized carbons (Fsp3) is 0.333. The molecule has 0 unspecified atom stereocenters. The molecule has 1 atom stereocenters. The number of benzene rings is 3. The summed E-state index contributed by atoms with van der Waals surface area (Å²) in [7, 11) is 1.60. The summed E-state index contributed by atoms with van der Waals surface area (Å²) in [5.41, 5.74) is 1.70. The molecule has 0 bridgehead atoms. The molecular weight excluding hydrogens is 471 g/mol. The van der Waals surface area contributed by atoms with Crippen LogP contribution in [0.4, 0.5) is 4.39 Å². The number of halogens is 1. The Kier molecular flexibility index (Phi) is 10.5. The van der Waals surface area contributed by atoms with Gasteiger partial charge in [0, 0.05) is 25.4 Å². The average molecular weight is 507 g/mol. The topological polar surface area (TPSA) is 67.9 Å². The number of methoxy groups -OCH3 is 1. The Labute approximate surface area is 218 Å². The van der Waals surface area contributed by atoms with Gasteiger partial charge >= 0.3 is 0 Å². The maximum atomic E-state index is 13.5. The van der Waals surface area contributed by atoms with Gasteiger partial charge in [-0.25, -0.2) is 4.39 Å². The number of hydrogen-bond donors (Lipinski definition) is 1. The van der Waals surface area contributed by atoms with Crippen molar-refractivity contribution < 1.29 is 23.5 Å². The summed E-state index contributed by atoms with van der Waals surface area (Å²) < 4.78 is 24.5. The van der Waals surface area contributed by atoms with Crippen molar-refractivity contribution in [1.82, 2.24) is 10.2 Å². The third-order valence-corrected chi connectivity index (χ3v) is 5.83. The van der Waals surface area contributed by atoms with E-state index in [1.165, 1.54) is 12.1 Å². The molecule has 0 spiro atoms. The highest BCUT2D eigenvalue weighted by Gasteiger charge is 2.30. The van der Waals surface area contributed by atoms with E-state index >= 15 is 0 Å². The van der Waals surface area contributed by atoms with Gasteiger partial charge < -0.3 is 19.7 Å². The first-order chi connectivity index (χ1) is 17.9. The lowest BCUT2D eigenvalue weighted by Crippen LogP contribution is -2.51. The molecule has 196 valence electrons. The van der Waals surface area contributed by atoms with E-state index in [2.05, 4.69) is 5.32 Å². The minimum Gasteiger partial charge on any atom is -0.497 e. The van der Waals surface area contributed by atoms with Crippen LogP contribution in [0.1, 0.15) is 37.8 Å². The Morgan fingerprint density at radius 1 is 0.892 bits per heavy atom. The number of hydrogen-bond acceptors (Lipinski definition) is 4. The zero-order chi connectivity index (χ0) is 26.6. The van der Waals surface area contributed by atoms with E-state index in [0.29, 0.717) is 25.2 Å².